The molecule has 0 spiro atoms. The van der Waals surface area contributed by atoms with Gasteiger partial charge in [-0.25, -0.2) is 8.78 Å². The lowest BCUT2D eigenvalue weighted by atomic mass is 9.89. The molecule has 4 heteroatoms. The molecule has 1 fully saturated rings. The quantitative estimate of drug-likeness (QED) is 0.842. The molecule has 0 radical (unpaired) electrons. The summed E-state index contributed by atoms with van der Waals surface area (Å²) in [6.45, 7) is 0.924. The number of benzene rings is 1. The van der Waals surface area contributed by atoms with Gasteiger partial charge in [-0.1, -0.05) is 6.07 Å². The Hall–Kier alpha value is -1.00. The van der Waals surface area contributed by atoms with Gasteiger partial charge in [-0.3, -0.25) is 0 Å². The fourth-order valence-electron chi connectivity index (χ4n) is 2.19. The minimum Gasteiger partial charge on any atom is -0.373 e. The van der Waals surface area contributed by atoms with Gasteiger partial charge in [0.05, 0.1) is 11.7 Å². The third-order valence-corrected chi connectivity index (χ3v) is 3.03. The first-order valence-corrected chi connectivity index (χ1v) is 5.49. The smallest absolute Gasteiger partial charge is 0.131 e. The first-order chi connectivity index (χ1) is 7.74. The second kappa shape index (κ2) is 4.89. The molecule has 2 N–H and O–H groups in total. The van der Waals surface area contributed by atoms with Crippen molar-refractivity contribution in [3.63, 3.8) is 0 Å². The summed E-state index contributed by atoms with van der Waals surface area (Å²) in [5.41, 5.74) is 5.63. The third kappa shape index (κ3) is 2.08. The third-order valence-electron chi connectivity index (χ3n) is 3.03. The monoisotopic (exact) mass is 227 g/mol. The van der Waals surface area contributed by atoms with Crippen molar-refractivity contribution >= 4 is 0 Å². The van der Waals surface area contributed by atoms with Crippen LogP contribution in [-0.4, -0.2) is 13.2 Å². The molecule has 2 unspecified atom stereocenters. The number of hydrogen-bond donors (Lipinski definition) is 1. The molecular formula is C12H15F2NO. The molecule has 16 heavy (non-hydrogen) atoms. The van der Waals surface area contributed by atoms with Gasteiger partial charge in [0, 0.05) is 12.5 Å². The molecule has 1 aliphatic heterocycles. The summed E-state index contributed by atoms with van der Waals surface area (Å²) >= 11 is 0. The first-order valence-electron chi connectivity index (χ1n) is 5.49. The zero-order chi connectivity index (χ0) is 11.5. The Morgan fingerprint density at radius 1 is 1.31 bits per heavy atom. The molecule has 0 aliphatic carbocycles. The molecule has 0 amide bonds. The van der Waals surface area contributed by atoms with Crippen LogP contribution in [0.5, 0.6) is 0 Å². The maximum atomic E-state index is 13.6. The molecule has 0 saturated carbocycles. The predicted octanol–water partition coefficient (Wildman–Crippen LogP) is 2.39. The Bertz CT molecular complexity index is 350. The molecule has 2 atom stereocenters. The van der Waals surface area contributed by atoms with Crippen LogP contribution in [0.25, 0.3) is 0 Å². The Kier molecular flexibility index (Phi) is 3.51. The van der Waals surface area contributed by atoms with Gasteiger partial charge in [-0.15, -0.1) is 0 Å². The van der Waals surface area contributed by atoms with E-state index in [2.05, 4.69) is 0 Å². The zero-order valence-corrected chi connectivity index (χ0v) is 8.96. The molecular weight excluding hydrogens is 212 g/mol. The van der Waals surface area contributed by atoms with E-state index in [4.69, 9.17) is 10.5 Å². The fourth-order valence-corrected chi connectivity index (χ4v) is 2.19. The Morgan fingerprint density at radius 3 is 2.62 bits per heavy atom. The topological polar surface area (TPSA) is 35.2 Å². The molecule has 0 bridgehead atoms. The van der Waals surface area contributed by atoms with Crippen LogP contribution in [0, 0.1) is 17.6 Å². The van der Waals surface area contributed by atoms with E-state index in [1.54, 1.807) is 0 Å². The van der Waals surface area contributed by atoms with Crippen LogP contribution in [0.1, 0.15) is 24.5 Å². The lowest BCUT2D eigenvalue weighted by molar-refractivity contribution is -0.0290. The Morgan fingerprint density at radius 2 is 2.00 bits per heavy atom. The van der Waals surface area contributed by atoms with E-state index < -0.39 is 17.7 Å². The molecule has 1 aliphatic rings. The summed E-state index contributed by atoms with van der Waals surface area (Å²) in [6.07, 6.45) is 1.21. The van der Waals surface area contributed by atoms with Gasteiger partial charge < -0.3 is 10.5 Å². The number of nitrogens with two attached hydrogens (primary N) is 1. The zero-order valence-electron chi connectivity index (χ0n) is 8.96. The molecule has 88 valence electrons. The van der Waals surface area contributed by atoms with Crippen LogP contribution in [0.3, 0.4) is 0 Å². The van der Waals surface area contributed by atoms with Crippen LogP contribution in [0.2, 0.25) is 0 Å². The van der Waals surface area contributed by atoms with Gasteiger partial charge >= 0.3 is 0 Å². The SMILES string of the molecule is NCC1CCCOC1c1c(F)cccc1F. The van der Waals surface area contributed by atoms with Gasteiger partial charge in [-0.2, -0.15) is 0 Å². The highest BCUT2D eigenvalue weighted by molar-refractivity contribution is 5.23. The van der Waals surface area contributed by atoms with Crippen molar-refractivity contribution < 1.29 is 13.5 Å². The molecule has 1 heterocycles. The van der Waals surface area contributed by atoms with Crippen molar-refractivity contribution in [2.45, 2.75) is 18.9 Å². The number of ether oxygens (including phenoxy) is 1. The van der Waals surface area contributed by atoms with Crippen molar-refractivity contribution in [2.75, 3.05) is 13.2 Å². The average Bonchev–Trinajstić information content (AvgIpc) is 2.29. The van der Waals surface area contributed by atoms with Gasteiger partial charge in [0.1, 0.15) is 11.6 Å². The van der Waals surface area contributed by atoms with E-state index in [0.29, 0.717) is 13.2 Å². The van der Waals surface area contributed by atoms with E-state index in [-0.39, 0.29) is 11.5 Å². The Labute approximate surface area is 93.4 Å². The highest BCUT2D eigenvalue weighted by atomic mass is 19.1. The van der Waals surface area contributed by atoms with Gasteiger partial charge in [-0.05, 0) is 31.5 Å². The fraction of sp³-hybridized carbons (Fsp3) is 0.500. The van der Waals surface area contributed by atoms with Crippen molar-refractivity contribution in [2.24, 2.45) is 11.7 Å². The predicted molar refractivity (Wildman–Crippen MR) is 56.8 cm³/mol. The van der Waals surface area contributed by atoms with Gasteiger partial charge in [0.2, 0.25) is 0 Å². The highest BCUT2D eigenvalue weighted by Gasteiger charge is 2.30. The van der Waals surface area contributed by atoms with Crippen molar-refractivity contribution in [3.8, 4) is 0 Å². The molecule has 1 aromatic carbocycles. The minimum atomic E-state index is -0.551. The van der Waals surface area contributed by atoms with Crippen LogP contribution >= 0.6 is 0 Å². The summed E-state index contributed by atoms with van der Waals surface area (Å²) in [6, 6.07) is 3.86. The minimum absolute atomic E-state index is 0.000139. The van der Waals surface area contributed by atoms with E-state index in [0.717, 1.165) is 12.8 Å². The summed E-state index contributed by atoms with van der Waals surface area (Å²) in [5, 5.41) is 0. The first kappa shape index (κ1) is 11.5. The van der Waals surface area contributed by atoms with E-state index in [9.17, 15) is 8.78 Å². The normalized spacial score (nSPS) is 25.7. The van der Waals surface area contributed by atoms with E-state index in [1.165, 1.54) is 18.2 Å². The summed E-state index contributed by atoms with van der Waals surface area (Å²) in [7, 11) is 0. The van der Waals surface area contributed by atoms with Gasteiger partial charge in [0.25, 0.3) is 0 Å². The maximum Gasteiger partial charge on any atom is 0.131 e. The number of rotatable bonds is 2. The van der Waals surface area contributed by atoms with Crippen LogP contribution in [0.15, 0.2) is 18.2 Å². The largest absolute Gasteiger partial charge is 0.373 e. The van der Waals surface area contributed by atoms with E-state index >= 15 is 0 Å². The van der Waals surface area contributed by atoms with Crippen molar-refractivity contribution in [3.05, 3.63) is 35.4 Å². The lowest BCUT2D eigenvalue weighted by Crippen LogP contribution is -2.29. The standard InChI is InChI=1S/C12H15F2NO/c13-9-4-1-5-10(14)11(9)12-8(7-15)3-2-6-16-12/h1,4-5,8,12H,2-3,6-7,15H2. The summed E-state index contributed by atoms with van der Waals surface area (Å²) in [5.74, 6) is -1.10. The number of hydrogen-bond acceptors (Lipinski definition) is 2. The molecule has 2 rings (SSSR count). The Balaban J connectivity index is 2.34. The second-order valence-corrected chi connectivity index (χ2v) is 4.06. The highest BCUT2D eigenvalue weighted by Crippen LogP contribution is 2.35. The maximum absolute atomic E-state index is 13.6. The summed E-state index contributed by atoms with van der Waals surface area (Å²) in [4.78, 5) is 0. The van der Waals surface area contributed by atoms with Crippen LogP contribution in [-0.2, 0) is 4.74 Å². The van der Waals surface area contributed by atoms with Crippen LogP contribution < -0.4 is 5.73 Å². The lowest BCUT2D eigenvalue weighted by Gasteiger charge is -2.31. The van der Waals surface area contributed by atoms with E-state index in [1.807, 2.05) is 0 Å². The average molecular weight is 227 g/mol. The van der Waals surface area contributed by atoms with Crippen molar-refractivity contribution in [1.82, 2.24) is 0 Å². The summed E-state index contributed by atoms with van der Waals surface area (Å²) < 4.78 is 32.6. The molecule has 1 saturated heterocycles. The van der Waals surface area contributed by atoms with Crippen molar-refractivity contribution in [1.29, 1.82) is 0 Å². The second-order valence-electron chi connectivity index (χ2n) is 4.06. The number of halogens is 2. The molecule has 2 nitrogen and oxygen atoms in total. The van der Waals surface area contributed by atoms with Gasteiger partial charge in [0.15, 0.2) is 0 Å². The van der Waals surface area contributed by atoms with Crippen LogP contribution in [0.4, 0.5) is 8.78 Å². The molecule has 0 aromatic heterocycles. The molecule has 1 aromatic rings.